The SMILES string of the molecule is CCCCCC/C=C\CCCCCCCCCC(=O)OCC(COP(=O)(O)OC1C(OC2OC(CO)C(O)C(O)C2O)C(O)C(O)C(O)C1OC1OC(COC(=O)CCCCC/C=C\CCCCCCCCC)C(O)C(O)C1O)OC(=O)CCCCC/C=C\CCCCCCCC. The van der Waals surface area contributed by atoms with Gasteiger partial charge in [-0.3, -0.25) is 23.4 Å². The summed E-state index contributed by atoms with van der Waals surface area (Å²) in [5, 5.41) is 110. The molecule has 1 aliphatic carbocycles. The van der Waals surface area contributed by atoms with Crippen molar-refractivity contribution >= 4 is 25.7 Å². The number of unbranched alkanes of at least 4 members (excludes halogenated alkanes) is 30. The highest BCUT2D eigenvalue weighted by Crippen LogP contribution is 2.49. The van der Waals surface area contributed by atoms with E-state index in [0.29, 0.717) is 25.7 Å². The van der Waals surface area contributed by atoms with Gasteiger partial charge in [-0.15, -0.1) is 0 Å². The maximum atomic E-state index is 14.3. The van der Waals surface area contributed by atoms with E-state index in [0.717, 1.165) is 109 Å². The van der Waals surface area contributed by atoms with E-state index >= 15 is 0 Å². The van der Waals surface area contributed by atoms with E-state index in [1.807, 2.05) is 0 Å². The van der Waals surface area contributed by atoms with Gasteiger partial charge < -0.3 is 89.1 Å². The highest BCUT2D eigenvalue weighted by molar-refractivity contribution is 7.47. The lowest BCUT2D eigenvalue weighted by Crippen LogP contribution is -2.69. The molecule has 0 aromatic heterocycles. The van der Waals surface area contributed by atoms with Crippen LogP contribution in [-0.4, -0.2) is 204 Å². The van der Waals surface area contributed by atoms with Crippen LogP contribution in [0.5, 0.6) is 0 Å². The minimum atomic E-state index is -5.70. The van der Waals surface area contributed by atoms with Crippen LogP contribution in [0.2, 0.25) is 0 Å². The summed E-state index contributed by atoms with van der Waals surface area (Å²) in [5.74, 6) is -2.03. The lowest BCUT2D eigenvalue weighted by atomic mass is 9.84. The summed E-state index contributed by atoms with van der Waals surface area (Å²) in [5.41, 5.74) is 0. The van der Waals surface area contributed by atoms with E-state index in [1.165, 1.54) is 96.3 Å². The van der Waals surface area contributed by atoms with Gasteiger partial charge in [-0.2, -0.15) is 0 Å². The smallest absolute Gasteiger partial charge is 0.463 e. The molecule has 97 heavy (non-hydrogen) atoms. The van der Waals surface area contributed by atoms with Crippen molar-refractivity contribution in [1.29, 1.82) is 0 Å². The van der Waals surface area contributed by atoms with Crippen LogP contribution in [0, 0.1) is 0 Å². The first kappa shape index (κ1) is 88.4. The number of phosphoric ester groups is 1. The third kappa shape index (κ3) is 37.3. The maximum absolute atomic E-state index is 14.3. The monoisotopic (exact) mass is 1410 g/mol. The van der Waals surface area contributed by atoms with Crippen molar-refractivity contribution in [2.75, 3.05) is 26.4 Å². The predicted molar refractivity (Wildman–Crippen MR) is 365 cm³/mol. The van der Waals surface area contributed by atoms with Gasteiger partial charge in [0.15, 0.2) is 18.7 Å². The zero-order valence-electron chi connectivity index (χ0n) is 58.9. The van der Waals surface area contributed by atoms with Gasteiger partial charge >= 0.3 is 25.7 Å². The van der Waals surface area contributed by atoms with Crippen LogP contribution in [0.3, 0.4) is 0 Å². The number of carbonyl (C=O) groups is 3. The van der Waals surface area contributed by atoms with E-state index in [2.05, 4.69) is 57.2 Å². The second kappa shape index (κ2) is 53.9. The number of esters is 3. The number of phosphoric acid groups is 1. The molecule has 1 saturated carbocycles. The first-order valence-electron chi connectivity index (χ1n) is 37.3. The first-order chi connectivity index (χ1) is 46.8. The van der Waals surface area contributed by atoms with Crippen molar-refractivity contribution in [3.05, 3.63) is 36.5 Å². The van der Waals surface area contributed by atoms with Gasteiger partial charge in [-0.25, -0.2) is 4.57 Å². The van der Waals surface area contributed by atoms with Crippen molar-refractivity contribution in [3.8, 4) is 0 Å². The molecule has 566 valence electrons. The molecular formula is C72H129O24P. The van der Waals surface area contributed by atoms with Gasteiger partial charge in [0.1, 0.15) is 98.7 Å². The number of hydrogen-bond donors (Lipinski definition) is 11. The summed E-state index contributed by atoms with van der Waals surface area (Å²) in [7, 11) is -5.70. The molecule has 11 N–H and O–H groups in total. The predicted octanol–water partition coefficient (Wildman–Crippen LogP) is 9.90. The van der Waals surface area contributed by atoms with Crippen molar-refractivity contribution in [2.24, 2.45) is 0 Å². The van der Waals surface area contributed by atoms with E-state index in [9.17, 15) is 74.9 Å². The van der Waals surface area contributed by atoms with Gasteiger partial charge in [-0.05, 0) is 96.3 Å². The topological polar surface area (TPSA) is 374 Å². The summed E-state index contributed by atoms with van der Waals surface area (Å²) in [6.07, 6.45) is 15.1. The molecule has 3 aliphatic rings. The second-order valence-electron chi connectivity index (χ2n) is 26.6. The fourth-order valence-corrected chi connectivity index (χ4v) is 12.9. The fourth-order valence-electron chi connectivity index (χ4n) is 12.0. The standard InChI is InChI=1S/C72H129O24P/c1-4-7-10-13-16-19-22-25-27-30-32-34-37-40-43-46-56(74)88-50-53(91-58(76)48-45-42-39-36-33-28-24-21-18-15-12-9-6-3)51-90-97(86,87)96-70-68(94-71-66(84)61(79)59(77)54(49-73)92-71)64(82)63(81)65(83)69(70)95-72-67(85)62(80)60(78)55(93-72)52-89-57(75)47-44-41-38-35-31-29-26-23-20-17-14-11-8-5-2/h19,22,28-29,31,33,53-55,59-73,77-85H,4-18,20-21,23-27,30,32,34-52H2,1-3H3,(H,86,87)/b22-19-,31-29-,33-28-. The maximum Gasteiger partial charge on any atom is 0.472 e. The molecule has 3 rings (SSSR count). The van der Waals surface area contributed by atoms with Crippen LogP contribution in [0.4, 0.5) is 0 Å². The Morgan fingerprint density at radius 3 is 1.13 bits per heavy atom. The van der Waals surface area contributed by atoms with Crippen molar-refractivity contribution in [3.63, 3.8) is 0 Å². The highest BCUT2D eigenvalue weighted by Gasteiger charge is 2.58. The molecule has 0 radical (unpaired) electrons. The van der Waals surface area contributed by atoms with Crippen LogP contribution < -0.4 is 0 Å². The molecule has 24 nitrogen and oxygen atoms in total. The van der Waals surface area contributed by atoms with E-state index in [4.69, 9.17) is 42.2 Å². The summed E-state index contributed by atoms with van der Waals surface area (Å²) in [6.45, 7) is 3.38. The number of aliphatic hydroxyl groups is 10. The molecular weight excluding hydrogens is 1280 g/mol. The molecule has 2 saturated heterocycles. The van der Waals surface area contributed by atoms with E-state index in [-0.39, 0.29) is 19.3 Å². The number of allylic oxidation sites excluding steroid dienone is 6. The van der Waals surface area contributed by atoms with Crippen molar-refractivity contribution < 1.29 is 117 Å². The summed E-state index contributed by atoms with van der Waals surface area (Å²) >= 11 is 0. The Bertz CT molecular complexity index is 2150. The first-order valence-corrected chi connectivity index (χ1v) is 38.8. The number of aliphatic hydroxyl groups excluding tert-OH is 10. The average Bonchev–Trinajstić information content (AvgIpc) is 0.763. The fraction of sp³-hybridized carbons (Fsp3) is 0.875. The minimum Gasteiger partial charge on any atom is -0.463 e. The molecule has 0 aromatic carbocycles. The molecule has 0 amide bonds. The summed E-state index contributed by atoms with van der Waals surface area (Å²) < 4.78 is 64.9. The highest BCUT2D eigenvalue weighted by atomic mass is 31.2. The van der Waals surface area contributed by atoms with Crippen LogP contribution in [0.25, 0.3) is 0 Å². The van der Waals surface area contributed by atoms with E-state index in [1.54, 1.807) is 0 Å². The van der Waals surface area contributed by atoms with Crippen LogP contribution in [0.15, 0.2) is 36.5 Å². The summed E-state index contributed by atoms with van der Waals surface area (Å²) in [4.78, 5) is 50.9. The zero-order chi connectivity index (χ0) is 71.1. The Balaban J connectivity index is 1.75. The number of carbonyl (C=O) groups excluding carboxylic acids is 3. The van der Waals surface area contributed by atoms with Gasteiger partial charge in [0.25, 0.3) is 0 Å². The largest absolute Gasteiger partial charge is 0.472 e. The Kier molecular flexibility index (Phi) is 49.1. The number of rotatable bonds is 57. The molecule has 2 aliphatic heterocycles. The lowest BCUT2D eigenvalue weighted by molar-refractivity contribution is -0.360. The quantitative estimate of drug-likeness (QED) is 0.00886. The van der Waals surface area contributed by atoms with Crippen LogP contribution in [-0.2, 0) is 61.2 Å². The molecule has 25 heteroatoms. The molecule has 3 fully saturated rings. The Hall–Kier alpha value is -2.82. The second-order valence-corrected chi connectivity index (χ2v) is 28.0. The molecule has 0 bridgehead atoms. The lowest BCUT2D eigenvalue weighted by Gasteiger charge is -2.49. The van der Waals surface area contributed by atoms with Crippen molar-refractivity contribution in [2.45, 2.75) is 375 Å². The summed E-state index contributed by atoms with van der Waals surface area (Å²) in [6, 6.07) is 0. The number of hydrogen-bond acceptors (Lipinski definition) is 23. The third-order valence-electron chi connectivity index (χ3n) is 18.1. The molecule has 0 aromatic rings. The van der Waals surface area contributed by atoms with E-state index < -0.39 is 156 Å². The normalized spacial score (nSPS) is 28.0. The molecule has 2 heterocycles. The van der Waals surface area contributed by atoms with Crippen LogP contribution in [0.1, 0.15) is 271 Å². The average molecular weight is 1410 g/mol. The van der Waals surface area contributed by atoms with Gasteiger partial charge in [0.2, 0.25) is 0 Å². The minimum absolute atomic E-state index is 0.00659. The van der Waals surface area contributed by atoms with Crippen LogP contribution >= 0.6 is 7.82 Å². The van der Waals surface area contributed by atoms with Gasteiger partial charge in [-0.1, -0.05) is 192 Å². The Morgan fingerprint density at radius 1 is 0.392 bits per heavy atom. The van der Waals surface area contributed by atoms with Gasteiger partial charge in [0, 0.05) is 19.3 Å². The van der Waals surface area contributed by atoms with Crippen molar-refractivity contribution in [1.82, 2.24) is 0 Å². The third-order valence-corrected chi connectivity index (χ3v) is 19.1. The Labute approximate surface area is 578 Å². The number of ether oxygens (including phenoxy) is 7. The molecule has 18 atom stereocenters. The molecule has 18 unspecified atom stereocenters. The molecule has 0 spiro atoms. The Morgan fingerprint density at radius 2 is 0.722 bits per heavy atom. The zero-order valence-corrected chi connectivity index (χ0v) is 59.8. The van der Waals surface area contributed by atoms with Gasteiger partial charge in [0.05, 0.1) is 13.2 Å².